The molecule has 0 aliphatic carbocycles. The Morgan fingerprint density at radius 1 is 0.940 bits per heavy atom. The molecule has 3 aliphatic heterocycles. The molecule has 0 saturated carbocycles. The summed E-state index contributed by atoms with van der Waals surface area (Å²) in [6.45, 7) is 5.79. The molecule has 11 heteroatoms. The first-order chi connectivity index (χ1) is 24.4. The van der Waals surface area contributed by atoms with Gasteiger partial charge in [-0.3, -0.25) is 9.79 Å². The van der Waals surface area contributed by atoms with Gasteiger partial charge in [-0.25, -0.2) is 18.7 Å². The van der Waals surface area contributed by atoms with E-state index in [0.29, 0.717) is 35.1 Å². The highest BCUT2D eigenvalue weighted by Crippen LogP contribution is 2.33. The van der Waals surface area contributed by atoms with Crippen LogP contribution in [0.4, 0.5) is 14.5 Å². The largest absolute Gasteiger partial charge is 0.381 e. The van der Waals surface area contributed by atoms with E-state index < -0.39 is 11.6 Å². The van der Waals surface area contributed by atoms with Crippen molar-refractivity contribution in [3.63, 3.8) is 0 Å². The maximum atomic E-state index is 14.3. The van der Waals surface area contributed by atoms with Crippen molar-refractivity contribution >= 4 is 28.6 Å². The third-order valence-electron chi connectivity index (χ3n) is 10.2. The number of fused-ring (bicyclic) bond motifs is 2. The standard InChI is InChI=1S/C39H39F2N7O2/c1-47-6-8-48(9-7-47)32-2-3-33(26(16-32)12-24-4-10-50-11-5-24)39(49)46-37-35-17-27(13-25-14-30(40)20-31(41)15-25)34(18-28(35)21-42-37)29-19-36-38(43-22-29)45-23-44-36/h2-3,14-20,22-24H,4-13,21H2,1H3,(H,42,46,49)(H,43,44,45). The number of ether oxygens (including phenoxy) is 1. The summed E-state index contributed by atoms with van der Waals surface area (Å²) in [6.07, 6.45) is 6.38. The number of nitrogens with one attached hydrogen (secondary N) is 2. The molecule has 0 unspecified atom stereocenters. The lowest BCUT2D eigenvalue weighted by Gasteiger charge is -2.34. The molecule has 5 heterocycles. The number of H-pyrrole nitrogens is 1. The first-order valence-corrected chi connectivity index (χ1v) is 17.3. The first-order valence-electron chi connectivity index (χ1n) is 17.3. The van der Waals surface area contributed by atoms with Crippen LogP contribution < -0.4 is 10.2 Å². The molecule has 1 amide bonds. The van der Waals surface area contributed by atoms with Gasteiger partial charge in [0.1, 0.15) is 17.5 Å². The summed E-state index contributed by atoms with van der Waals surface area (Å²) in [7, 11) is 2.15. The van der Waals surface area contributed by atoms with E-state index >= 15 is 0 Å². The van der Waals surface area contributed by atoms with Crippen LogP contribution in [-0.2, 0) is 24.1 Å². The number of nitrogens with zero attached hydrogens (tertiary/aromatic N) is 5. The normalized spacial score (nSPS) is 16.9. The van der Waals surface area contributed by atoms with Crippen LogP contribution in [0.25, 0.3) is 22.3 Å². The zero-order chi connectivity index (χ0) is 34.2. The van der Waals surface area contributed by atoms with Crippen LogP contribution in [0.15, 0.2) is 72.1 Å². The van der Waals surface area contributed by atoms with Crippen molar-refractivity contribution in [3.05, 3.63) is 112 Å². The van der Waals surface area contributed by atoms with Crippen molar-refractivity contribution in [2.24, 2.45) is 10.9 Å². The van der Waals surface area contributed by atoms with Gasteiger partial charge in [0.05, 0.1) is 18.4 Å². The number of anilines is 1. The van der Waals surface area contributed by atoms with Crippen LogP contribution in [0.2, 0.25) is 0 Å². The van der Waals surface area contributed by atoms with Crippen LogP contribution in [0, 0.1) is 17.6 Å². The molecule has 9 nitrogen and oxygen atoms in total. The number of hydrogen-bond acceptors (Lipinski definition) is 7. The summed E-state index contributed by atoms with van der Waals surface area (Å²) in [5, 5.41) is 3.14. The predicted molar refractivity (Wildman–Crippen MR) is 190 cm³/mol. The second-order valence-electron chi connectivity index (χ2n) is 13.6. The van der Waals surface area contributed by atoms with Gasteiger partial charge in [-0.05, 0) is 115 Å². The maximum Gasteiger partial charge on any atom is 0.257 e. The SMILES string of the molecule is CN1CCN(c2ccc(C(=O)NC3=NCc4cc(-c5cnc6nc[nH]c6c5)c(Cc5cc(F)cc(F)c5)cc43)c(CC3CCOCC3)c2)CC1. The molecule has 3 aliphatic rings. The molecule has 0 radical (unpaired) electrons. The number of amides is 1. The number of hydrogen-bond donors (Lipinski definition) is 2. The molecule has 2 saturated heterocycles. The van der Waals surface area contributed by atoms with Crippen LogP contribution in [0.3, 0.4) is 0 Å². The van der Waals surface area contributed by atoms with Crippen molar-refractivity contribution < 1.29 is 18.3 Å². The number of imidazole rings is 1. The van der Waals surface area contributed by atoms with Gasteiger partial charge in [0.25, 0.3) is 5.91 Å². The molecule has 2 N–H and O–H groups in total. The Bertz CT molecular complexity index is 2080. The third-order valence-corrected chi connectivity index (χ3v) is 10.2. The lowest BCUT2D eigenvalue weighted by Crippen LogP contribution is -2.44. The van der Waals surface area contributed by atoms with E-state index in [1.54, 1.807) is 12.5 Å². The van der Waals surface area contributed by atoms with Gasteiger partial charge < -0.3 is 24.8 Å². The molecule has 2 fully saturated rings. The lowest BCUT2D eigenvalue weighted by atomic mass is 9.89. The smallest absolute Gasteiger partial charge is 0.257 e. The molecule has 3 aromatic carbocycles. The average Bonchev–Trinajstić information content (AvgIpc) is 3.74. The lowest BCUT2D eigenvalue weighted by molar-refractivity contribution is 0.0664. The molecule has 5 aromatic rings. The number of likely N-dealkylation sites (N-methyl/N-ethyl adjacent to an activating group) is 1. The number of benzene rings is 3. The number of pyridine rings is 1. The Balaban J connectivity index is 1.11. The number of aromatic nitrogens is 3. The zero-order valence-corrected chi connectivity index (χ0v) is 28.0. The maximum absolute atomic E-state index is 14.3. The van der Waals surface area contributed by atoms with E-state index in [1.807, 2.05) is 24.3 Å². The Labute approximate surface area is 289 Å². The second kappa shape index (κ2) is 13.7. The van der Waals surface area contributed by atoms with Gasteiger partial charge in [-0.2, -0.15) is 0 Å². The number of amidine groups is 1. The summed E-state index contributed by atoms with van der Waals surface area (Å²) in [4.78, 5) is 35.5. The van der Waals surface area contributed by atoms with Crippen LogP contribution in [-0.4, -0.2) is 78.0 Å². The topological polar surface area (TPSA) is 98.7 Å². The predicted octanol–water partition coefficient (Wildman–Crippen LogP) is 5.91. The second-order valence-corrected chi connectivity index (χ2v) is 13.6. The fourth-order valence-electron chi connectivity index (χ4n) is 7.39. The fraction of sp³-hybridized carbons (Fsp3) is 0.333. The Morgan fingerprint density at radius 2 is 1.74 bits per heavy atom. The van der Waals surface area contributed by atoms with E-state index in [9.17, 15) is 13.6 Å². The van der Waals surface area contributed by atoms with E-state index in [2.05, 4.69) is 49.2 Å². The minimum Gasteiger partial charge on any atom is -0.381 e. The highest BCUT2D eigenvalue weighted by molar-refractivity contribution is 6.15. The molecule has 256 valence electrons. The molecular weight excluding hydrogens is 636 g/mol. The van der Waals surface area contributed by atoms with E-state index in [-0.39, 0.29) is 12.3 Å². The number of rotatable bonds is 7. The Hall–Kier alpha value is -5.00. The summed E-state index contributed by atoms with van der Waals surface area (Å²) >= 11 is 0. The van der Waals surface area contributed by atoms with Crippen LogP contribution in [0.5, 0.6) is 0 Å². The van der Waals surface area contributed by atoms with Gasteiger partial charge >= 0.3 is 0 Å². The Kier molecular flexibility index (Phi) is 8.84. The Morgan fingerprint density at radius 3 is 2.54 bits per heavy atom. The van der Waals surface area contributed by atoms with Crippen molar-refractivity contribution in [2.75, 3.05) is 51.3 Å². The van der Waals surface area contributed by atoms with Crippen molar-refractivity contribution in [3.8, 4) is 11.1 Å². The number of halogens is 2. The average molecular weight is 676 g/mol. The van der Waals surface area contributed by atoms with E-state index in [1.165, 1.54) is 12.1 Å². The highest BCUT2D eigenvalue weighted by Gasteiger charge is 2.25. The molecule has 0 bridgehead atoms. The first kappa shape index (κ1) is 32.2. The monoisotopic (exact) mass is 675 g/mol. The quantitative estimate of drug-likeness (QED) is 0.223. The van der Waals surface area contributed by atoms with Crippen molar-refractivity contribution in [1.82, 2.24) is 25.2 Å². The number of carbonyl (C=O) groups is 1. The minimum atomic E-state index is -0.632. The molecular formula is C39H39F2N7O2. The number of piperazine rings is 1. The van der Waals surface area contributed by atoms with E-state index in [0.717, 1.165) is 109 Å². The van der Waals surface area contributed by atoms with Gasteiger partial charge in [-0.15, -0.1) is 0 Å². The van der Waals surface area contributed by atoms with Gasteiger partial charge in [0.15, 0.2) is 5.65 Å². The minimum absolute atomic E-state index is 0.199. The summed E-state index contributed by atoms with van der Waals surface area (Å²) < 4.78 is 34.2. The highest BCUT2D eigenvalue weighted by atomic mass is 19.1. The third kappa shape index (κ3) is 6.75. The number of aromatic amines is 1. The molecule has 0 atom stereocenters. The van der Waals surface area contributed by atoms with Gasteiger partial charge in [0, 0.05) is 74.0 Å². The van der Waals surface area contributed by atoms with E-state index in [4.69, 9.17) is 9.73 Å². The van der Waals surface area contributed by atoms with Gasteiger partial charge in [-0.1, -0.05) is 0 Å². The van der Waals surface area contributed by atoms with Crippen molar-refractivity contribution in [2.45, 2.75) is 32.2 Å². The van der Waals surface area contributed by atoms with Crippen LogP contribution in [0.1, 0.15) is 51.0 Å². The molecule has 8 rings (SSSR count). The van der Waals surface area contributed by atoms with Crippen molar-refractivity contribution in [1.29, 1.82) is 0 Å². The van der Waals surface area contributed by atoms with Gasteiger partial charge in [0.2, 0.25) is 0 Å². The molecule has 2 aromatic heterocycles. The summed E-state index contributed by atoms with van der Waals surface area (Å²) in [5.41, 5.74) is 9.00. The number of aliphatic imine (C=N–C) groups is 1. The van der Waals surface area contributed by atoms with Crippen LogP contribution >= 0.6 is 0 Å². The summed E-state index contributed by atoms with van der Waals surface area (Å²) in [6, 6.07) is 15.8. The fourth-order valence-corrected chi connectivity index (χ4v) is 7.39. The zero-order valence-electron chi connectivity index (χ0n) is 28.0. The number of carbonyl (C=O) groups excluding carboxylic acids is 1. The summed E-state index contributed by atoms with van der Waals surface area (Å²) in [5.74, 6) is -0.520. The molecule has 0 spiro atoms. The molecule has 50 heavy (non-hydrogen) atoms.